The minimum Gasteiger partial charge on any atom is -0.333 e. The first-order chi connectivity index (χ1) is 2.41. The van der Waals surface area contributed by atoms with Gasteiger partial charge in [0, 0.05) is 0 Å². The van der Waals surface area contributed by atoms with Gasteiger partial charge in [-0.2, -0.15) is 0 Å². The first-order valence-corrected chi connectivity index (χ1v) is 3.58. The van der Waals surface area contributed by atoms with Crippen LogP contribution in [0.25, 0.3) is 0 Å². The normalized spacial score (nSPS) is 4.80. The lowest BCUT2D eigenvalue weighted by Crippen LogP contribution is -1.69. The average Bonchev–Trinajstić information content (AvgIpc) is 1.46. The average molecular weight is 93.1 g/mol. The predicted molar refractivity (Wildman–Crippen MR) is 30.3 cm³/mol. The fraction of sp³-hybridized carbons (Fsp3) is 1.00. The summed E-state index contributed by atoms with van der Waals surface area (Å²) in [6.45, 7) is 4.31. The second-order valence-electron chi connectivity index (χ2n) is 0.500. The van der Waals surface area contributed by atoms with E-state index in [-0.39, 0.29) is 0 Å². The number of hydrogen-bond donors (Lipinski definition) is 1. The van der Waals surface area contributed by atoms with Gasteiger partial charge >= 0.3 is 0 Å². The predicted octanol–water partition coefficient (Wildman–Crippen LogP) is 0.499. The zero-order valence-electron chi connectivity index (χ0n) is 4.08. The minimum absolute atomic E-state index is 1.08. The van der Waals surface area contributed by atoms with Gasteiger partial charge < -0.3 is 5.73 Å². The summed E-state index contributed by atoms with van der Waals surface area (Å²) in [6, 6.07) is 0. The van der Waals surface area contributed by atoms with Gasteiger partial charge in [0.25, 0.3) is 0 Å². The monoisotopic (exact) mass is 93.1 g/mol. The highest BCUT2D eigenvalue weighted by molar-refractivity contribution is 7.35. The maximum Gasteiger partial charge on any atom is -0.0195 e. The molecule has 0 heterocycles. The maximum atomic E-state index is 4.50. The molecule has 0 amide bonds. The highest BCUT2D eigenvalue weighted by Gasteiger charge is 1.33. The molecule has 0 aliphatic heterocycles. The van der Waals surface area contributed by atoms with Crippen LogP contribution in [0.15, 0.2) is 0 Å². The molecule has 0 atom stereocenters. The van der Waals surface area contributed by atoms with E-state index in [1.807, 2.05) is 0 Å². The van der Waals surface area contributed by atoms with Crippen molar-refractivity contribution in [3.8, 4) is 0 Å². The van der Waals surface area contributed by atoms with Crippen molar-refractivity contribution in [1.29, 1.82) is 0 Å². The van der Waals surface area contributed by atoms with E-state index in [4.69, 9.17) is 0 Å². The van der Waals surface area contributed by atoms with Gasteiger partial charge in [-0.25, -0.2) is 0 Å². The fourth-order valence-corrected chi connectivity index (χ4v) is 0. The minimum atomic E-state index is 1.08. The lowest BCUT2D eigenvalue weighted by molar-refractivity contribution is 1.48. The molecule has 5 heavy (non-hydrogen) atoms. The summed E-state index contributed by atoms with van der Waals surface area (Å²) in [6.07, 6.45) is 0. The molecule has 0 aromatic carbocycles. The summed E-state index contributed by atoms with van der Waals surface area (Å²) in [5, 5.41) is 0. The van der Waals surface area contributed by atoms with Gasteiger partial charge in [-0.1, -0.05) is 0 Å². The molecule has 0 unspecified atom stereocenters. The van der Waals surface area contributed by atoms with Crippen molar-refractivity contribution in [2.24, 2.45) is 5.73 Å². The van der Waals surface area contributed by atoms with Crippen LogP contribution in [0.1, 0.15) is 0 Å². The largest absolute Gasteiger partial charge is 0.333 e. The second kappa shape index (κ2) is 26.1. The van der Waals surface area contributed by atoms with E-state index in [2.05, 4.69) is 19.1 Å². The maximum absolute atomic E-state index is 4.50. The molecule has 1 nitrogen and oxygen atoms in total. The molecule has 0 aromatic heterocycles. The van der Waals surface area contributed by atoms with E-state index in [9.17, 15) is 0 Å². The Kier molecular flexibility index (Phi) is 47.2. The Labute approximate surface area is 35.7 Å². The Bertz CT molecular complexity index is 6.85. The number of hydrogen-bond acceptors (Lipinski definition) is 1. The van der Waals surface area contributed by atoms with Gasteiger partial charge in [0.2, 0.25) is 0 Å². The van der Waals surface area contributed by atoms with E-state index in [0.29, 0.717) is 0 Å². The molecule has 34 valence electrons. The van der Waals surface area contributed by atoms with Crippen LogP contribution < -0.4 is 5.73 Å². The standard InChI is InChI=1S/C2H7P.CH5N/c1-3-2;1-2/h3H,1-2H3;2H2,1H3. The topological polar surface area (TPSA) is 26.0 Å². The van der Waals surface area contributed by atoms with Crippen molar-refractivity contribution < 1.29 is 0 Å². The van der Waals surface area contributed by atoms with Crippen LogP contribution in [0.5, 0.6) is 0 Å². The van der Waals surface area contributed by atoms with Crippen molar-refractivity contribution in [1.82, 2.24) is 0 Å². The third-order valence-corrected chi connectivity index (χ3v) is 0. The van der Waals surface area contributed by atoms with Crippen molar-refractivity contribution in [3.63, 3.8) is 0 Å². The lowest BCUT2D eigenvalue weighted by atomic mass is 11.6. The molecule has 0 aliphatic rings. The summed E-state index contributed by atoms with van der Waals surface area (Å²) < 4.78 is 0. The van der Waals surface area contributed by atoms with E-state index in [1.54, 1.807) is 0 Å². The van der Waals surface area contributed by atoms with Crippen LogP contribution in [-0.4, -0.2) is 20.4 Å². The van der Waals surface area contributed by atoms with Gasteiger partial charge in [0.1, 0.15) is 0 Å². The van der Waals surface area contributed by atoms with E-state index in [1.165, 1.54) is 7.05 Å². The Hall–Kier alpha value is 0.390. The lowest BCUT2D eigenvalue weighted by Gasteiger charge is -1.50. The van der Waals surface area contributed by atoms with Crippen LogP contribution >= 0.6 is 8.58 Å². The molecular weight excluding hydrogens is 81.0 g/mol. The third-order valence-electron chi connectivity index (χ3n) is 0. The van der Waals surface area contributed by atoms with Gasteiger partial charge in [-0.3, -0.25) is 0 Å². The van der Waals surface area contributed by atoms with Crippen LogP contribution in [0.4, 0.5) is 0 Å². The SMILES string of the molecule is CN.CPC. The molecule has 2 heteroatoms. The fourth-order valence-electron chi connectivity index (χ4n) is 0. The molecule has 0 spiro atoms. The molecule has 0 saturated carbocycles. The molecule has 0 aromatic rings. The van der Waals surface area contributed by atoms with Gasteiger partial charge in [-0.05, 0) is 20.4 Å². The van der Waals surface area contributed by atoms with Crippen molar-refractivity contribution in [2.75, 3.05) is 20.4 Å². The molecule has 0 aliphatic carbocycles. The van der Waals surface area contributed by atoms with Gasteiger partial charge in [0.15, 0.2) is 0 Å². The molecule has 0 radical (unpaired) electrons. The van der Waals surface area contributed by atoms with Crippen molar-refractivity contribution in [3.05, 3.63) is 0 Å². The smallest absolute Gasteiger partial charge is 0.0195 e. The first kappa shape index (κ1) is 9.04. The molecule has 0 saturated heterocycles. The third kappa shape index (κ3) is 165. The zero-order chi connectivity index (χ0) is 4.71. The first-order valence-electron chi connectivity index (χ1n) is 1.58. The van der Waals surface area contributed by atoms with Crippen LogP contribution in [0.2, 0.25) is 0 Å². The summed E-state index contributed by atoms with van der Waals surface area (Å²) >= 11 is 0. The number of nitrogens with two attached hydrogens (primary N) is 1. The molecular formula is C3H12NP. The van der Waals surface area contributed by atoms with Gasteiger partial charge in [-0.15, -0.1) is 8.58 Å². The quantitative estimate of drug-likeness (QED) is 0.433. The van der Waals surface area contributed by atoms with Gasteiger partial charge in [0.05, 0.1) is 0 Å². The zero-order valence-corrected chi connectivity index (χ0v) is 5.08. The van der Waals surface area contributed by atoms with E-state index in [0.717, 1.165) is 8.58 Å². The summed E-state index contributed by atoms with van der Waals surface area (Å²) in [5.74, 6) is 0. The Morgan fingerprint density at radius 3 is 1.20 bits per heavy atom. The highest BCUT2D eigenvalue weighted by atomic mass is 31.1. The van der Waals surface area contributed by atoms with Crippen molar-refractivity contribution in [2.45, 2.75) is 0 Å². The van der Waals surface area contributed by atoms with E-state index >= 15 is 0 Å². The molecule has 0 bridgehead atoms. The molecule has 0 rings (SSSR count). The van der Waals surface area contributed by atoms with Crippen LogP contribution in [-0.2, 0) is 0 Å². The molecule has 0 fully saturated rings. The Balaban J connectivity index is 0. The summed E-state index contributed by atoms with van der Waals surface area (Å²) in [4.78, 5) is 0. The Morgan fingerprint density at radius 2 is 1.20 bits per heavy atom. The molecule has 2 N–H and O–H groups in total. The second-order valence-corrected chi connectivity index (χ2v) is 1.50. The van der Waals surface area contributed by atoms with Crippen molar-refractivity contribution >= 4 is 8.58 Å². The highest BCUT2D eigenvalue weighted by Crippen LogP contribution is 1.84. The Morgan fingerprint density at radius 1 is 1.20 bits per heavy atom. The van der Waals surface area contributed by atoms with Crippen LogP contribution in [0, 0.1) is 0 Å². The van der Waals surface area contributed by atoms with E-state index < -0.39 is 0 Å². The summed E-state index contributed by atoms with van der Waals surface area (Å²) in [5.41, 5.74) is 4.50. The van der Waals surface area contributed by atoms with Crippen LogP contribution in [0.3, 0.4) is 0 Å². The summed E-state index contributed by atoms with van der Waals surface area (Å²) in [7, 11) is 2.58. The number of rotatable bonds is 0.